The minimum Gasteiger partial charge on any atom is -0.497 e. The van der Waals surface area contributed by atoms with Crippen molar-refractivity contribution in [3.8, 4) is 5.75 Å². The molecule has 2 aliphatic rings. The van der Waals surface area contributed by atoms with Crippen LogP contribution in [0, 0.1) is 6.92 Å². The first kappa shape index (κ1) is 23.7. The number of aryl methyl sites for hydroxylation is 1. The van der Waals surface area contributed by atoms with E-state index in [-0.39, 0.29) is 18.2 Å². The molecule has 0 unspecified atom stereocenters. The number of nitrogens with one attached hydrogen (secondary N) is 1. The molecule has 7 nitrogen and oxygen atoms in total. The summed E-state index contributed by atoms with van der Waals surface area (Å²) in [6, 6.07) is 7.93. The number of aromatic nitrogens is 1. The number of amides is 1. The molecule has 0 spiro atoms. The lowest BCUT2D eigenvalue weighted by atomic mass is 9.77. The SMILES string of the molecule is CCS(=O)(=O)NCc1c(C)ncc2c1CCN(C(=O)C1(c3ccc(OC)cc3)CCCC1)C2. The molecule has 0 atom stereocenters. The van der Waals surface area contributed by atoms with Gasteiger partial charge in [-0.15, -0.1) is 0 Å². The fourth-order valence-electron chi connectivity index (χ4n) is 5.23. The summed E-state index contributed by atoms with van der Waals surface area (Å²) in [5.41, 5.74) is 4.47. The zero-order valence-electron chi connectivity index (χ0n) is 19.7. The first-order valence-corrected chi connectivity index (χ1v) is 13.3. The van der Waals surface area contributed by atoms with Crippen LogP contribution in [0.3, 0.4) is 0 Å². The van der Waals surface area contributed by atoms with Crippen molar-refractivity contribution in [2.75, 3.05) is 19.4 Å². The number of methoxy groups -OCH3 is 1. The summed E-state index contributed by atoms with van der Waals surface area (Å²) in [6.45, 7) is 4.90. The maximum atomic E-state index is 13.9. The van der Waals surface area contributed by atoms with Crippen molar-refractivity contribution in [3.05, 3.63) is 58.4 Å². The van der Waals surface area contributed by atoms with Gasteiger partial charge in [0.2, 0.25) is 15.9 Å². The molecule has 1 aliphatic carbocycles. The third-order valence-corrected chi connectivity index (χ3v) is 8.59. The summed E-state index contributed by atoms with van der Waals surface area (Å²) in [5, 5.41) is 0. The standard InChI is InChI=1S/C25H33N3O4S/c1-4-33(30,31)27-16-23-18(2)26-15-19-17-28(14-11-22(19)23)24(29)25(12-5-6-13-25)20-7-9-21(32-3)10-8-20/h7-10,15,27H,4-6,11-14,16-17H2,1-3H3. The van der Waals surface area contributed by atoms with E-state index in [4.69, 9.17) is 4.74 Å². The van der Waals surface area contributed by atoms with Gasteiger partial charge in [-0.2, -0.15) is 0 Å². The summed E-state index contributed by atoms with van der Waals surface area (Å²) < 4.78 is 31.9. The van der Waals surface area contributed by atoms with E-state index in [1.807, 2.05) is 42.3 Å². The van der Waals surface area contributed by atoms with Crippen LogP contribution in [0.4, 0.5) is 0 Å². The number of benzene rings is 1. The Kier molecular flexibility index (Phi) is 6.77. The molecule has 1 fully saturated rings. The fraction of sp³-hybridized carbons (Fsp3) is 0.520. The molecule has 8 heteroatoms. The molecular weight excluding hydrogens is 438 g/mol. The van der Waals surface area contributed by atoms with E-state index in [0.29, 0.717) is 19.5 Å². The highest BCUT2D eigenvalue weighted by atomic mass is 32.2. The van der Waals surface area contributed by atoms with Gasteiger partial charge in [0.25, 0.3) is 0 Å². The molecule has 178 valence electrons. The molecule has 1 aromatic heterocycles. The predicted octanol–water partition coefficient (Wildman–Crippen LogP) is 3.23. The number of hydrogen-bond donors (Lipinski definition) is 1. The Morgan fingerprint density at radius 3 is 2.55 bits per heavy atom. The van der Waals surface area contributed by atoms with E-state index in [1.54, 1.807) is 14.0 Å². The number of carbonyl (C=O) groups is 1. The quantitative estimate of drug-likeness (QED) is 0.670. The van der Waals surface area contributed by atoms with Crippen molar-refractivity contribution in [2.45, 2.75) is 64.5 Å². The smallest absolute Gasteiger partial charge is 0.233 e. The topological polar surface area (TPSA) is 88.6 Å². The molecule has 1 amide bonds. The van der Waals surface area contributed by atoms with Crippen molar-refractivity contribution in [1.82, 2.24) is 14.6 Å². The van der Waals surface area contributed by atoms with Crippen LogP contribution in [0.1, 0.15) is 60.6 Å². The molecule has 0 bridgehead atoms. The Balaban J connectivity index is 1.59. The molecule has 1 N–H and O–H groups in total. The highest BCUT2D eigenvalue weighted by Gasteiger charge is 2.45. The molecule has 2 heterocycles. The number of fused-ring (bicyclic) bond motifs is 1. The van der Waals surface area contributed by atoms with Crippen molar-refractivity contribution in [3.63, 3.8) is 0 Å². The summed E-state index contributed by atoms with van der Waals surface area (Å²) in [4.78, 5) is 20.4. The molecule has 0 radical (unpaired) electrons. The van der Waals surface area contributed by atoms with Crippen LogP contribution in [0.15, 0.2) is 30.5 Å². The summed E-state index contributed by atoms with van der Waals surface area (Å²) in [7, 11) is -1.64. The normalized spacial score (nSPS) is 17.6. The number of rotatable bonds is 7. The van der Waals surface area contributed by atoms with Crippen molar-refractivity contribution in [1.29, 1.82) is 0 Å². The van der Waals surface area contributed by atoms with E-state index < -0.39 is 15.4 Å². The third kappa shape index (κ3) is 4.64. The van der Waals surface area contributed by atoms with E-state index in [1.165, 1.54) is 0 Å². The lowest BCUT2D eigenvalue weighted by Gasteiger charge is -2.38. The van der Waals surface area contributed by atoms with Crippen LogP contribution in [0.25, 0.3) is 0 Å². The number of hydrogen-bond acceptors (Lipinski definition) is 5. The first-order chi connectivity index (χ1) is 15.8. The third-order valence-electron chi connectivity index (χ3n) is 7.24. The van der Waals surface area contributed by atoms with Crippen LogP contribution in [-0.4, -0.2) is 43.6 Å². The van der Waals surface area contributed by atoms with Gasteiger partial charge in [-0.1, -0.05) is 25.0 Å². The Labute approximate surface area is 196 Å². The Hall–Kier alpha value is -2.45. The van der Waals surface area contributed by atoms with Crippen molar-refractivity contribution in [2.24, 2.45) is 0 Å². The van der Waals surface area contributed by atoms with Gasteiger partial charge in [0, 0.05) is 31.5 Å². The second-order valence-electron chi connectivity index (χ2n) is 9.04. The minimum atomic E-state index is -3.29. The maximum absolute atomic E-state index is 13.9. The number of pyridine rings is 1. The second-order valence-corrected chi connectivity index (χ2v) is 11.1. The van der Waals surface area contributed by atoms with E-state index in [9.17, 15) is 13.2 Å². The van der Waals surface area contributed by atoms with Gasteiger partial charge in [-0.05, 0) is 67.5 Å². The van der Waals surface area contributed by atoms with Crippen molar-refractivity contribution >= 4 is 15.9 Å². The monoisotopic (exact) mass is 471 g/mol. The molecule has 1 saturated carbocycles. The molecule has 2 aromatic rings. The molecule has 0 saturated heterocycles. The van der Waals surface area contributed by atoms with Gasteiger partial charge >= 0.3 is 0 Å². The lowest BCUT2D eigenvalue weighted by Crippen LogP contribution is -2.47. The Morgan fingerprint density at radius 2 is 1.91 bits per heavy atom. The Bertz CT molecular complexity index is 1120. The zero-order valence-corrected chi connectivity index (χ0v) is 20.5. The first-order valence-electron chi connectivity index (χ1n) is 11.7. The van der Waals surface area contributed by atoms with Gasteiger partial charge in [0.1, 0.15) is 5.75 Å². The van der Waals surface area contributed by atoms with Gasteiger partial charge in [0.05, 0.1) is 18.3 Å². The molecular formula is C25H33N3O4S. The largest absolute Gasteiger partial charge is 0.497 e. The van der Waals surface area contributed by atoms with Crippen molar-refractivity contribution < 1.29 is 17.9 Å². The minimum absolute atomic E-state index is 0.0459. The number of carbonyl (C=O) groups excluding carboxylic acids is 1. The summed E-state index contributed by atoms with van der Waals surface area (Å²) in [5.74, 6) is 1.02. The van der Waals surface area contributed by atoms with Crippen LogP contribution >= 0.6 is 0 Å². The Morgan fingerprint density at radius 1 is 1.21 bits per heavy atom. The zero-order chi connectivity index (χ0) is 23.6. The predicted molar refractivity (Wildman–Crippen MR) is 128 cm³/mol. The summed E-state index contributed by atoms with van der Waals surface area (Å²) >= 11 is 0. The van der Waals surface area contributed by atoms with Crippen LogP contribution in [0.5, 0.6) is 5.75 Å². The highest BCUT2D eigenvalue weighted by Crippen LogP contribution is 2.44. The van der Waals surface area contributed by atoms with Crippen LogP contribution in [-0.2, 0) is 39.7 Å². The molecule has 1 aromatic carbocycles. The maximum Gasteiger partial charge on any atom is 0.233 e. The van der Waals surface area contributed by atoms with Gasteiger partial charge in [-0.25, -0.2) is 13.1 Å². The average molecular weight is 472 g/mol. The average Bonchev–Trinajstić information content (AvgIpc) is 3.34. The number of sulfonamides is 1. The van der Waals surface area contributed by atoms with Gasteiger partial charge in [0.15, 0.2) is 0 Å². The fourth-order valence-corrected chi connectivity index (χ4v) is 5.80. The van der Waals surface area contributed by atoms with Gasteiger partial charge < -0.3 is 9.64 Å². The second kappa shape index (κ2) is 9.43. The number of ether oxygens (including phenoxy) is 1. The van der Waals surface area contributed by atoms with Gasteiger partial charge in [-0.3, -0.25) is 9.78 Å². The molecule has 33 heavy (non-hydrogen) atoms. The van der Waals surface area contributed by atoms with E-state index >= 15 is 0 Å². The number of nitrogens with zero attached hydrogens (tertiary/aromatic N) is 2. The highest BCUT2D eigenvalue weighted by molar-refractivity contribution is 7.89. The van der Waals surface area contributed by atoms with Crippen LogP contribution < -0.4 is 9.46 Å². The molecule has 1 aliphatic heterocycles. The van der Waals surface area contributed by atoms with E-state index in [0.717, 1.165) is 59.4 Å². The lowest BCUT2D eigenvalue weighted by molar-refractivity contribution is -0.138. The molecule has 4 rings (SSSR count). The van der Waals surface area contributed by atoms with Crippen LogP contribution in [0.2, 0.25) is 0 Å². The summed E-state index contributed by atoms with van der Waals surface area (Å²) in [6.07, 6.45) is 6.35. The van der Waals surface area contributed by atoms with E-state index in [2.05, 4.69) is 9.71 Å².